The Balaban J connectivity index is 2.19. The van der Waals surface area contributed by atoms with Gasteiger partial charge in [-0.25, -0.2) is 0 Å². The lowest BCUT2D eigenvalue weighted by Crippen LogP contribution is -2.30. The minimum Gasteiger partial charge on any atom is -0.293 e. The molecule has 2 aromatic rings. The van der Waals surface area contributed by atoms with Crippen LogP contribution in [0.2, 0.25) is 0 Å². The number of ketones is 1. The Labute approximate surface area is 129 Å². The lowest BCUT2D eigenvalue weighted by Gasteiger charge is -2.27. The number of halogens is 1. The van der Waals surface area contributed by atoms with Gasteiger partial charge in [-0.3, -0.25) is 14.8 Å². The second kappa shape index (κ2) is 4.67. The van der Waals surface area contributed by atoms with E-state index in [0.717, 1.165) is 33.6 Å². The van der Waals surface area contributed by atoms with Crippen LogP contribution in [0.5, 0.6) is 0 Å². The van der Waals surface area contributed by atoms with E-state index in [9.17, 15) is 4.79 Å². The summed E-state index contributed by atoms with van der Waals surface area (Å²) < 4.78 is 2.91. The third-order valence-electron chi connectivity index (χ3n) is 3.83. The molecular formula is C15H15BrN2OS. The number of hydrogen-bond acceptors (Lipinski definition) is 3. The first-order valence-electron chi connectivity index (χ1n) is 6.50. The summed E-state index contributed by atoms with van der Waals surface area (Å²) in [5.41, 5.74) is 1.64. The molecule has 0 saturated carbocycles. The highest BCUT2D eigenvalue weighted by Gasteiger charge is 2.37. The van der Waals surface area contributed by atoms with E-state index < -0.39 is 0 Å². The molecule has 20 heavy (non-hydrogen) atoms. The maximum atomic E-state index is 12.5. The molecule has 1 heterocycles. The minimum absolute atomic E-state index is 0.174. The maximum absolute atomic E-state index is 12.5. The highest BCUT2D eigenvalue weighted by molar-refractivity contribution is 9.10. The summed E-state index contributed by atoms with van der Waals surface area (Å²) in [4.78, 5) is 13.7. The molecular weight excluding hydrogens is 336 g/mol. The fourth-order valence-corrected chi connectivity index (χ4v) is 3.99. The smallest absolute Gasteiger partial charge is 0.187 e. The van der Waals surface area contributed by atoms with Gasteiger partial charge in [0.05, 0.1) is 4.88 Å². The number of hydrogen-bond donors (Lipinski definition) is 1. The average Bonchev–Trinajstić information content (AvgIpc) is 2.73. The molecule has 0 unspecified atom stereocenters. The van der Waals surface area contributed by atoms with Crippen molar-refractivity contribution in [2.24, 2.45) is 5.41 Å². The molecule has 0 radical (unpaired) electrons. The first-order chi connectivity index (χ1) is 9.40. The van der Waals surface area contributed by atoms with Gasteiger partial charge < -0.3 is 0 Å². The van der Waals surface area contributed by atoms with E-state index in [-0.39, 0.29) is 11.2 Å². The van der Waals surface area contributed by atoms with Crippen LogP contribution < -0.4 is 4.80 Å². The summed E-state index contributed by atoms with van der Waals surface area (Å²) in [5.74, 6) is 0.174. The highest BCUT2D eigenvalue weighted by Crippen LogP contribution is 2.36. The minimum atomic E-state index is -0.304. The first-order valence-corrected chi connectivity index (χ1v) is 8.11. The monoisotopic (exact) mass is 350 g/mol. The number of carbonyl (C=O) groups is 1. The molecule has 5 heteroatoms. The Kier molecular flexibility index (Phi) is 3.21. The summed E-state index contributed by atoms with van der Waals surface area (Å²) in [6, 6.07) is 7.86. The third kappa shape index (κ3) is 2.09. The molecule has 1 aliphatic rings. The number of fused-ring (bicyclic) bond motifs is 1. The van der Waals surface area contributed by atoms with Gasteiger partial charge in [0.15, 0.2) is 10.6 Å². The molecule has 1 aromatic heterocycles. The van der Waals surface area contributed by atoms with Gasteiger partial charge in [0.25, 0.3) is 0 Å². The Morgan fingerprint density at radius 3 is 2.60 bits per heavy atom. The van der Waals surface area contributed by atoms with E-state index in [1.165, 1.54) is 11.3 Å². The first kappa shape index (κ1) is 13.8. The Hall–Kier alpha value is -1.20. The standard InChI is InChI=1S/C15H15BrN2OS/c1-15(2)8-7-11-12(13(15)19)20-14(17)18(11)10-5-3-9(16)4-6-10/h3-6,17H,7-8H2,1-2H3. The quantitative estimate of drug-likeness (QED) is 0.831. The molecule has 3 nitrogen and oxygen atoms in total. The van der Waals surface area contributed by atoms with Gasteiger partial charge in [-0.2, -0.15) is 0 Å². The van der Waals surface area contributed by atoms with Gasteiger partial charge in [0.1, 0.15) is 0 Å². The van der Waals surface area contributed by atoms with Crippen LogP contribution in [0.3, 0.4) is 0 Å². The van der Waals surface area contributed by atoms with E-state index in [2.05, 4.69) is 15.9 Å². The van der Waals surface area contributed by atoms with Crippen LogP contribution in [0.4, 0.5) is 0 Å². The van der Waals surface area contributed by atoms with E-state index >= 15 is 0 Å². The van der Waals surface area contributed by atoms with E-state index in [1.807, 2.05) is 42.7 Å². The second-order valence-corrected chi connectivity index (χ2v) is 7.62. The third-order valence-corrected chi connectivity index (χ3v) is 5.36. The summed E-state index contributed by atoms with van der Waals surface area (Å²) >= 11 is 4.71. The predicted octanol–water partition coefficient (Wildman–Crippen LogP) is 3.94. The summed E-state index contributed by atoms with van der Waals surface area (Å²) in [5, 5.41) is 8.19. The van der Waals surface area contributed by atoms with Gasteiger partial charge >= 0.3 is 0 Å². The number of benzene rings is 1. The predicted molar refractivity (Wildman–Crippen MR) is 83.6 cm³/mol. The molecule has 1 aliphatic carbocycles. The molecule has 0 bridgehead atoms. The topological polar surface area (TPSA) is 45.9 Å². The zero-order chi connectivity index (χ0) is 14.5. The lowest BCUT2D eigenvalue weighted by atomic mass is 9.77. The Morgan fingerprint density at radius 2 is 1.95 bits per heavy atom. The van der Waals surface area contributed by atoms with Gasteiger partial charge in [-0.05, 0) is 37.1 Å². The van der Waals surface area contributed by atoms with E-state index in [0.29, 0.717) is 4.80 Å². The van der Waals surface area contributed by atoms with Crippen LogP contribution in [-0.2, 0) is 6.42 Å². The molecule has 0 fully saturated rings. The number of carbonyl (C=O) groups excluding carboxylic acids is 1. The summed E-state index contributed by atoms with van der Waals surface area (Å²) in [6.07, 6.45) is 1.69. The van der Waals surface area contributed by atoms with Crippen LogP contribution in [0.1, 0.15) is 35.6 Å². The second-order valence-electron chi connectivity index (χ2n) is 5.71. The van der Waals surface area contributed by atoms with Crippen LogP contribution >= 0.6 is 27.3 Å². The fourth-order valence-electron chi connectivity index (χ4n) is 2.54. The van der Waals surface area contributed by atoms with Crippen molar-refractivity contribution in [3.8, 4) is 5.69 Å². The van der Waals surface area contributed by atoms with E-state index in [4.69, 9.17) is 5.41 Å². The van der Waals surface area contributed by atoms with Crippen molar-refractivity contribution in [1.82, 2.24) is 4.57 Å². The molecule has 104 valence electrons. The highest BCUT2D eigenvalue weighted by atomic mass is 79.9. The van der Waals surface area contributed by atoms with E-state index in [1.54, 1.807) is 0 Å². The molecule has 0 aliphatic heterocycles. The van der Waals surface area contributed by atoms with Crippen molar-refractivity contribution in [3.63, 3.8) is 0 Å². The largest absolute Gasteiger partial charge is 0.293 e. The average molecular weight is 351 g/mol. The van der Waals surface area contributed by atoms with Crippen molar-refractivity contribution in [2.45, 2.75) is 26.7 Å². The molecule has 0 saturated heterocycles. The van der Waals surface area contributed by atoms with Crippen molar-refractivity contribution in [1.29, 1.82) is 5.41 Å². The van der Waals surface area contributed by atoms with Crippen LogP contribution in [0.15, 0.2) is 28.7 Å². The zero-order valence-electron chi connectivity index (χ0n) is 11.4. The molecule has 0 spiro atoms. The summed E-state index contributed by atoms with van der Waals surface area (Å²) in [6.45, 7) is 3.98. The van der Waals surface area contributed by atoms with Crippen molar-refractivity contribution < 1.29 is 4.79 Å². The van der Waals surface area contributed by atoms with Crippen LogP contribution in [0.25, 0.3) is 5.69 Å². The Morgan fingerprint density at radius 1 is 1.30 bits per heavy atom. The molecule has 1 aromatic carbocycles. The number of thiazole rings is 1. The van der Waals surface area contributed by atoms with Crippen LogP contribution in [0, 0.1) is 10.8 Å². The van der Waals surface area contributed by atoms with Crippen LogP contribution in [-0.4, -0.2) is 10.4 Å². The number of nitrogens with zero attached hydrogens (tertiary/aromatic N) is 1. The fraction of sp³-hybridized carbons (Fsp3) is 0.333. The molecule has 0 amide bonds. The van der Waals surface area contributed by atoms with Crippen molar-refractivity contribution in [2.75, 3.05) is 0 Å². The molecule has 1 N–H and O–H groups in total. The number of nitrogens with one attached hydrogen (secondary N) is 1. The van der Waals surface area contributed by atoms with Gasteiger partial charge in [0.2, 0.25) is 0 Å². The SMILES string of the molecule is CC1(C)CCc2c(sc(=N)n2-c2ccc(Br)cc2)C1=O. The zero-order valence-corrected chi connectivity index (χ0v) is 13.8. The number of aromatic nitrogens is 1. The Bertz CT molecular complexity index is 740. The lowest BCUT2D eigenvalue weighted by molar-refractivity contribution is 0.0814. The molecule has 0 atom stereocenters. The van der Waals surface area contributed by atoms with Gasteiger partial charge in [0, 0.05) is 21.3 Å². The van der Waals surface area contributed by atoms with Crippen molar-refractivity contribution >= 4 is 33.0 Å². The number of Topliss-reactive ketones (excluding diaryl/α,β-unsaturated/α-hetero) is 1. The van der Waals surface area contributed by atoms with Gasteiger partial charge in [-0.1, -0.05) is 41.1 Å². The normalized spacial score (nSPS) is 17.1. The molecule has 3 rings (SSSR count). The number of rotatable bonds is 1. The maximum Gasteiger partial charge on any atom is 0.187 e. The van der Waals surface area contributed by atoms with Crippen molar-refractivity contribution in [3.05, 3.63) is 44.1 Å². The van der Waals surface area contributed by atoms with Gasteiger partial charge in [-0.15, -0.1) is 0 Å². The summed E-state index contributed by atoms with van der Waals surface area (Å²) in [7, 11) is 0.